The van der Waals surface area contributed by atoms with E-state index in [0.717, 1.165) is 31.9 Å². The third-order valence-electron chi connectivity index (χ3n) is 5.71. The number of rotatable bonds is 5. The number of nitrogens with zero attached hydrogens (tertiary/aromatic N) is 5. The Labute approximate surface area is 187 Å². The number of hydrogen-bond donors (Lipinski definition) is 4. The van der Waals surface area contributed by atoms with Gasteiger partial charge in [-0.1, -0.05) is 6.92 Å². The Bertz CT molecular complexity index is 1100. The number of phenolic OH excluding ortho intramolecular Hbond substituents is 1. The third-order valence-corrected chi connectivity index (χ3v) is 6.00. The number of anilines is 2. The Hall–Kier alpha value is -3.04. The number of aromatic nitrogens is 3. The number of nitrogens with two attached hydrogens (primary N) is 1. The zero-order chi connectivity index (χ0) is 22.1. The van der Waals surface area contributed by atoms with Crippen LogP contribution in [-0.2, 0) is 0 Å². The Morgan fingerprint density at radius 3 is 2.39 bits per heavy atom. The first-order valence-electron chi connectivity index (χ1n) is 10.3. The second-order valence-corrected chi connectivity index (χ2v) is 8.15. The van der Waals surface area contributed by atoms with Crippen molar-refractivity contribution in [3.8, 4) is 22.8 Å². The van der Waals surface area contributed by atoms with Crippen LogP contribution in [0.5, 0.6) is 5.75 Å². The number of nitrogens with one attached hydrogen (secondary N) is 1. The zero-order valence-corrected chi connectivity index (χ0v) is 18.6. The van der Waals surface area contributed by atoms with Gasteiger partial charge >= 0.3 is 0 Å². The van der Waals surface area contributed by atoms with Gasteiger partial charge in [-0.3, -0.25) is 4.57 Å². The summed E-state index contributed by atoms with van der Waals surface area (Å²) in [6, 6.07) is 11.3. The predicted octanol–water partition coefficient (Wildman–Crippen LogP) is 3.04. The van der Waals surface area contributed by atoms with Crippen LogP contribution in [0.2, 0.25) is 0 Å². The Morgan fingerprint density at radius 2 is 1.74 bits per heavy atom. The van der Waals surface area contributed by atoms with Gasteiger partial charge in [-0.05, 0) is 43.8 Å². The molecular formula is C22H27N7OS. The molecule has 0 saturated carbocycles. The highest BCUT2D eigenvalue weighted by Crippen LogP contribution is 2.35. The summed E-state index contributed by atoms with van der Waals surface area (Å²) in [6.45, 7) is 5.98. The van der Waals surface area contributed by atoms with Crippen LogP contribution in [0.25, 0.3) is 17.1 Å². The molecule has 3 aromatic rings. The minimum Gasteiger partial charge on any atom is -0.507 e. The molecule has 9 heteroatoms. The van der Waals surface area contributed by atoms with E-state index in [2.05, 4.69) is 51.8 Å². The minimum atomic E-state index is -0.0128. The van der Waals surface area contributed by atoms with Gasteiger partial charge in [-0.2, -0.15) is 0 Å². The van der Waals surface area contributed by atoms with Crippen LogP contribution >= 0.6 is 12.6 Å². The lowest BCUT2D eigenvalue weighted by atomic mass is 10.0. The normalized spacial score (nSPS) is 14.7. The second kappa shape index (κ2) is 8.60. The number of benzene rings is 2. The first kappa shape index (κ1) is 21.2. The number of phenols is 1. The van der Waals surface area contributed by atoms with Crippen LogP contribution < -0.4 is 10.6 Å². The Balaban J connectivity index is 1.71. The minimum absolute atomic E-state index is 0.0128. The van der Waals surface area contributed by atoms with E-state index >= 15 is 0 Å². The van der Waals surface area contributed by atoms with Crippen LogP contribution in [0, 0.1) is 5.41 Å². The molecule has 1 aliphatic rings. The first-order chi connectivity index (χ1) is 14.9. The summed E-state index contributed by atoms with van der Waals surface area (Å²) in [7, 11) is 2.14. The summed E-state index contributed by atoms with van der Waals surface area (Å²) < 4.78 is 1.78. The molecule has 4 rings (SSSR count). The molecule has 162 valence electrons. The maximum absolute atomic E-state index is 10.6. The van der Waals surface area contributed by atoms with Crippen molar-refractivity contribution in [1.82, 2.24) is 19.7 Å². The van der Waals surface area contributed by atoms with Crippen molar-refractivity contribution in [3.05, 3.63) is 42.0 Å². The fraction of sp³-hybridized carbons (Fsp3) is 0.318. The fourth-order valence-corrected chi connectivity index (χ4v) is 4.06. The Kier molecular flexibility index (Phi) is 5.88. The van der Waals surface area contributed by atoms with Crippen molar-refractivity contribution in [2.75, 3.05) is 43.9 Å². The van der Waals surface area contributed by atoms with Crippen LogP contribution in [0.4, 0.5) is 11.4 Å². The average molecular weight is 438 g/mol. The lowest BCUT2D eigenvalue weighted by molar-refractivity contribution is 0.313. The van der Waals surface area contributed by atoms with E-state index in [9.17, 15) is 5.11 Å². The SMILES string of the molecule is CCC(=N)c1cc(-c2nnc(S)n2-c2ccc(N3CCN(C)CC3)cc2)c(O)cc1N. The number of thiol groups is 1. The van der Waals surface area contributed by atoms with E-state index in [0.29, 0.717) is 39.9 Å². The molecule has 0 radical (unpaired) electrons. The van der Waals surface area contributed by atoms with E-state index in [-0.39, 0.29) is 5.75 Å². The lowest BCUT2D eigenvalue weighted by Crippen LogP contribution is -2.44. The smallest absolute Gasteiger partial charge is 0.193 e. The van der Waals surface area contributed by atoms with Gasteiger partial charge in [0.15, 0.2) is 11.0 Å². The summed E-state index contributed by atoms with van der Waals surface area (Å²) in [6.07, 6.45) is 0.534. The van der Waals surface area contributed by atoms with E-state index in [4.69, 9.17) is 11.1 Å². The van der Waals surface area contributed by atoms with Crippen LogP contribution in [0.3, 0.4) is 0 Å². The Morgan fingerprint density at radius 1 is 1.10 bits per heavy atom. The highest BCUT2D eigenvalue weighted by atomic mass is 32.1. The van der Waals surface area contributed by atoms with E-state index in [1.165, 1.54) is 11.8 Å². The van der Waals surface area contributed by atoms with E-state index < -0.39 is 0 Å². The monoisotopic (exact) mass is 437 g/mol. The van der Waals surface area contributed by atoms with Gasteiger partial charge in [0.25, 0.3) is 0 Å². The predicted molar refractivity (Wildman–Crippen MR) is 127 cm³/mol. The molecule has 8 nitrogen and oxygen atoms in total. The first-order valence-corrected chi connectivity index (χ1v) is 10.7. The molecule has 31 heavy (non-hydrogen) atoms. The molecule has 0 atom stereocenters. The van der Waals surface area contributed by atoms with Gasteiger partial charge in [0.05, 0.1) is 5.56 Å². The summed E-state index contributed by atoms with van der Waals surface area (Å²) in [4.78, 5) is 4.69. The van der Waals surface area contributed by atoms with Crippen molar-refractivity contribution in [3.63, 3.8) is 0 Å². The number of piperazine rings is 1. The highest BCUT2D eigenvalue weighted by molar-refractivity contribution is 7.80. The largest absolute Gasteiger partial charge is 0.507 e. The molecule has 0 aliphatic carbocycles. The molecule has 4 N–H and O–H groups in total. The molecule has 1 saturated heterocycles. The van der Waals surface area contributed by atoms with Gasteiger partial charge in [-0.15, -0.1) is 22.8 Å². The second-order valence-electron chi connectivity index (χ2n) is 7.75. The quantitative estimate of drug-likeness (QED) is 0.278. The van der Waals surface area contributed by atoms with Crippen molar-refractivity contribution in [1.29, 1.82) is 5.41 Å². The van der Waals surface area contributed by atoms with Gasteiger partial charge in [0.2, 0.25) is 0 Å². The molecule has 0 amide bonds. The summed E-state index contributed by atoms with van der Waals surface area (Å²) in [5, 5.41) is 27.5. The summed E-state index contributed by atoms with van der Waals surface area (Å²) in [5.41, 5.74) is 9.83. The van der Waals surface area contributed by atoms with Crippen molar-refractivity contribution < 1.29 is 5.11 Å². The fourth-order valence-electron chi connectivity index (χ4n) is 3.80. The molecule has 1 fully saturated rings. The maximum Gasteiger partial charge on any atom is 0.193 e. The van der Waals surface area contributed by atoms with Gasteiger partial charge in [-0.25, -0.2) is 0 Å². The molecule has 1 aromatic heterocycles. The molecular weight excluding hydrogens is 410 g/mol. The molecule has 0 spiro atoms. The summed E-state index contributed by atoms with van der Waals surface area (Å²) in [5.74, 6) is 0.432. The number of aromatic hydroxyl groups is 1. The van der Waals surface area contributed by atoms with E-state index in [1.807, 2.05) is 19.1 Å². The molecule has 0 unspecified atom stereocenters. The average Bonchev–Trinajstić information content (AvgIpc) is 3.15. The van der Waals surface area contributed by atoms with Crippen LogP contribution in [-0.4, -0.2) is 63.7 Å². The van der Waals surface area contributed by atoms with Gasteiger partial charge in [0.1, 0.15) is 5.75 Å². The van der Waals surface area contributed by atoms with Crippen molar-refractivity contribution >= 4 is 29.7 Å². The van der Waals surface area contributed by atoms with Crippen molar-refractivity contribution in [2.24, 2.45) is 0 Å². The van der Waals surface area contributed by atoms with Crippen LogP contribution in [0.1, 0.15) is 18.9 Å². The molecule has 2 heterocycles. The maximum atomic E-state index is 10.6. The van der Waals surface area contributed by atoms with Gasteiger partial charge in [0, 0.05) is 60.6 Å². The topological polar surface area (TPSA) is 107 Å². The third kappa shape index (κ3) is 4.11. The lowest BCUT2D eigenvalue weighted by Gasteiger charge is -2.34. The molecule has 1 aliphatic heterocycles. The van der Waals surface area contributed by atoms with Crippen molar-refractivity contribution in [2.45, 2.75) is 18.5 Å². The number of nitrogen functional groups attached to an aromatic ring is 1. The van der Waals surface area contributed by atoms with Gasteiger partial charge < -0.3 is 26.0 Å². The molecule has 0 bridgehead atoms. The van der Waals surface area contributed by atoms with E-state index in [1.54, 1.807) is 10.6 Å². The zero-order valence-electron chi connectivity index (χ0n) is 17.7. The molecule has 2 aromatic carbocycles. The number of likely N-dealkylation sites (N-methyl/N-ethyl adjacent to an activating group) is 1. The highest BCUT2D eigenvalue weighted by Gasteiger charge is 2.20. The number of hydrogen-bond acceptors (Lipinski definition) is 8. The standard InChI is InChI=1S/C22H27N7OS/c1-3-18(23)16-12-17(20(30)13-19(16)24)21-25-26-22(31)29(21)15-6-4-14(5-7-15)28-10-8-27(2)9-11-28/h4-7,12-13,23,30H,3,8-11,24H2,1-2H3,(H,26,31). The summed E-state index contributed by atoms with van der Waals surface area (Å²) >= 11 is 4.48. The van der Waals surface area contributed by atoms with Crippen LogP contribution in [0.15, 0.2) is 41.6 Å².